The predicted octanol–water partition coefficient (Wildman–Crippen LogP) is 4.25. The molecule has 2 aromatic carbocycles. The largest absolute Gasteiger partial charge is 0.351 e. The van der Waals surface area contributed by atoms with Crippen LogP contribution >= 0.6 is 11.8 Å². The van der Waals surface area contributed by atoms with Gasteiger partial charge in [-0.3, -0.25) is 4.79 Å². The first-order valence-electron chi connectivity index (χ1n) is 8.51. The maximum Gasteiger partial charge on any atom is 0.233 e. The average molecular weight is 363 g/mol. The third-order valence-corrected chi connectivity index (χ3v) is 4.83. The number of aromatic nitrogens is 2. The van der Waals surface area contributed by atoms with Gasteiger partial charge >= 0.3 is 0 Å². The minimum Gasteiger partial charge on any atom is -0.351 e. The van der Waals surface area contributed by atoms with Crippen molar-refractivity contribution < 1.29 is 4.79 Å². The summed E-state index contributed by atoms with van der Waals surface area (Å²) in [5.41, 5.74) is 3.88. The number of aryl methyl sites for hydroxylation is 1. The van der Waals surface area contributed by atoms with Crippen molar-refractivity contribution in [1.29, 1.82) is 0 Å². The van der Waals surface area contributed by atoms with Gasteiger partial charge in [0.1, 0.15) is 0 Å². The zero-order valence-corrected chi connectivity index (χ0v) is 15.7. The molecule has 132 valence electrons. The summed E-state index contributed by atoms with van der Waals surface area (Å²) in [6.45, 7) is 4.34. The van der Waals surface area contributed by atoms with Gasteiger partial charge in [0.2, 0.25) is 5.91 Å². The molecular weight excluding hydrogens is 342 g/mol. The summed E-state index contributed by atoms with van der Waals surface area (Å²) >= 11 is 1.38. The molecule has 0 unspecified atom stereocenters. The molecule has 0 fully saturated rings. The molecular formula is C21H21N3OS. The zero-order valence-electron chi connectivity index (χ0n) is 14.8. The summed E-state index contributed by atoms with van der Waals surface area (Å²) in [5.74, 6) is -0.0229. The smallest absolute Gasteiger partial charge is 0.233 e. The molecule has 0 aliphatic rings. The van der Waals surface area contributed by atoms with Gasteiger partial charge in [-0.15, -0.1) is 0 Å². The van der Waals surface area contributed by atoms with Crippen LogP contribution in [-0.4, -0.2) is 21.1 Å². The zero-order chi connectivity index (χ0) is 18.4. The van der Waals surface area contributed by atoms with E-state index in [0.29, 0.717) is 11.7 Å². The molecule has 1 N–H and O–H groups in total. The van der Waals surface area contributed by atoms with E-state index < -0.39 is 0 Å². The standard InChI is InChI=1S/C21H21N3OS/c1-15-13-19(18-11-7-4-8-12-18)24-21(23-15)26-16(2)20(25)22-14-17-9-5-3-6-10-17/h3-13,16H,14H2,1-2H3,(H,22,25)/t16-/m0/s1. The van der Waals surface area contributed by atoms with Gasteiger partial charge in [-0.05, 0) is 25.5 Å². The quantitative estimate of drug-likeness (QED) is 0.525. The molecule has 0 radical (unpaired) electrons. The number of nitrogens with zero attached hydrogens (tertiary/aromatic N) is 2. The Bertz CT molecular complexity index is 869. The first-order valence-corrected chi connectivity index (χ1v) is 9.39. The maximum atomic E-state index is 12.4. The molecule has 0 bridgehead atoms. The number of hydrogen-bond donors (Lipinski definition) is 1. The monoisotopic (exact) mass is 363 g/mol. The normalized spacial score (nSPS) is 11.8. The Balaban J connectivity index is 1.66. The van der Waals surface area contributed by atoms with Crippen molar-refractivity contribution in [3.8, 4) is 11.3 Å². The van der Waals surface area contributed by atoms with Crippen LogP contribution in [0.25, 0.3) is 11.3 Å². The van der Waals surface area contributed by atoms with Gasteiger partial charge in [-0.1, -0.05) is 72.4 Å². The van der Waals surface area contributed by atoms with Crippen LogP contribution in [0.3, 0.4) is 0 Å². The fourth-order valence-corrected chi connectivity index (χ4v) is 3.35. The molecule has 3 aromatic rings. The topological polar surface area (TPSA) is 54.9 Å². The lowest BCUT2D eigenvalue weighted by Gasteiger charge is -2.12. The van der Waals surface area contributed by atoms with Gasteiger partial charge < -0.3 is 5.32 Å². The highest BCUT2D eigenvalue weighted by molar-refractivity contribution is 8.00. The third-order valence-electron chi connectivity index (χ3n) is 3.86. The molecule has 0 aliphatic carbocycles. The third kappa shape index (κ3) is 4.92. The lowest BCUT2D eigenvalue weighted by Crippen LogP contribution is -2.30. The molecule has 3 rings (SSSR count). The van der Waals surface area contributed by atoms with Crippen LogP contribution in [0, 0.1) is 6.92 Å². The first kappa shape index (κ1) is 18.1. The molecule has 1 atom stereocenters. The Morgan fingerprint density at radius 2 is 1.69 bits per heavy atom. The fraction of sp³-hybridized carbons (Fsp3) is 0.190. The van der Waals surface area contributed by atoms with E-state index in [2.05, 4.69) is 15.3 Å². The number of amides is 1. The Kier molecular flexibility index (Phi) is 6.02. The average Bonchev–Trinajstić information content (AvgIpc) is 2.67. The van der Waals surface area contributed by atoms with E-state index in [0.717, 1.165) is 22.5 Å². The molecule has 0 spiro atoms. The number of carbonyl (C=O) groups excluding carboxylic acids is 1. The first-order chi connectivity index (χ1) is 12.6. The van der Waals surface area contributed by atoms with Crippen molar-refractivity contribution in [3.05, 3.63) is 78.0 Å². The highest BCUT2D eigenvalue weighted by Crippen LogP contribution is 2.24. The second kappa shape index (κ2) is 8.63. The second-order valence-corrected chi connectivity index (χ2v) is 7.31. The van der Waals surface area contributed by atoms with Gasteiger partial charge in [0.05, 0.1) is 10.9 Å². The van der Waals surface area contributed by atoms with Crippen LogP contribution in [0.5, 0.6) is 0 Å². The van der Waals surface area contributed by atoms with Crippen LogP contribution in [0.4, 0.5) is 0 Å². The van der Waals surface area contributed by atoms with Crippen molar-refractivity contribution >= 4 is 17.7 Å². The van der Waals surface area contributed by atoms with Crippen molar-refractivity contribution in [3.63, 3.8) is 0 Å². The van der Waals surface area contributed by atoms with Crippen LogP contribution in [0.15, 0.2) is 71.9 Å². The lowest BCUT2D eigenvalue weighted by molar-refractivity contribution is -0.120. The summed E-state index contributed by atoms with van der Waals surface area (Å²) in [5, 5.41) is 3.31. The lowest BCUT2D eigenvalue weighted by atomic mass is 10.1. The van der Waals surface area contributed by atoms with Crippen molar-refractivity contribution in [2.45, 2.75) is 30.8 Å². The fourth-order valence-electron chi connectivity index (χ4n) is 2.49. The maximum absolute atomic E-state index is 12.4. The van der Waals surface area contributed by atoms with Gasteiger partial charge in [0.25, 0.3) is 0 Å². The van der Waals surface area contributed by atoms with E-state index in [1.165, 1.54) is 11.8 Å². The van der Waals surface area contributed by atoms with E-state index in [4.69, 9.17) is 0 Å². The minimum absolute atomic E-state index is 0.0229. The van der Waals surface area contributed by atoms with E-state index >= 15 is 0 Å². The van der Waals surface area contributed by atoms with E-state index in [-0.39, 0.29) is 11.2 Å². The van der Waals surface area contributed by atoms with E-state index in [1.54, 1.807) is 0 Å². The van der Waals surface area contributed by atoms with E-state index in [9.17, 15) is 4.79 Å². The summed E-state index contributed by atoms with van der Waals surface area (Å²) in [7, 11) is 0. The molecule has 5 heteroatoms. The molecule has 1 aromatic heterocycles. The number of nitrogens with one attached hydrogen (secondary N) is 1. The number of hydrogen-bond acceptors (Lipinski definition) is 4. The SMILES string of the molecule is Cc1cc(-c2ccccc2)nc(S[C@@H](C)C(=O)NCc2ccccc2)n1. The van der Waals surface area contributed by atoms with Gasteiger partial charge in [-0.25, -0.2) is 9.97 Å². The highest BCUT2D eigenvalue weighted by atomic mass is 32.2. The predicted molar refractivity (Wildman–Crippen MR) is 106 cm³/mol. The van der Waals surface area contributed by atoms with Crippen molar-refractivity contribution in [1.82, 2.24) is 15.3 Å². The summed E-state index contributed by atoms with van der Waals surface area (Å²) < 4.78 is 0. The Morgan fingerprint density at radius 3 is 2.38 bits per heavy atom. The minimum atomic E-state index is -0.274. The molecule has 0 aliphatic heterocycles. The van der Waals surface area contributed by atoms with Gasteiger partial charge in [0, 0.05) is 17.8 Å². The van der Waals surface area contributed by atoms with Crippen LogP contribution in [0.1, 0.15) is 18.2 Å². The van der Waals surface area contributed by atoms with Crippen LogP contribution in [-0.2, 0) is 11.3 Å². The van der Waals surface area contributed by atoms with Crippen molar-refractivity contribution in [2.75, 3.05) is 0 Å². The summed E-state index contributed by atoms with van der Waals surface area (Å²) in [6.07, 6.45) is 0. The Morgan fingerprint density at radius 1 is 1.04 bits per heavy atom. The molecule has 0 saturated heterocycles. The summed E-state index contributed by atoms with van der Waals surface area (Å²) in [4.78, 5) is 21.5. The molecule has 4 nitrogen and oxygen atoms in total. The number of rotatable bonds is 6. The number of benzene rings is 2. The molecule has 1 amide bonds. The molecule has 26 heavy (non-hydrogen) atoms. The van der Waals surface area contributed by atoms with Crippen LogP contribution in [0.2, 0.25) is 0 Å². The second-order valence-electron chi connectivity index (χ2n) is 6.01. The van der Waals surface area contributed by atoms with Crippen molar-refractivity contribution in [2.24, 2.45) is 0 Å². The number of carbonyl (C=O) groups is 1. The van der Waals surface area contributed by atoms with E-state index in [1.807, 2.05) is 80.6 Å². The van der Waals surface area contributed by atoms with Gasteiger partial charge in [-0.2, -0.15) is 0 Å². The Labute approximate surface area is 158 Å². The summed E-state index contributed by atoms with van der Waals surface area (Å²) in [6, 6.07) is 21.8. The van der Waals surface area contributed by atoms with Crippen LogP contribution < -0.4 is 5.32 Å². The Hall–Kier alpha value is -2.66. The van der Waals surface area contributed by atoms with Gasteiger partial charge in [0.15, 0.2) is 5.16 Å². The highest BCUT2D eigenvalue weighted by Gasteiger charge is 2.16. The molecule has 0 saturated carbocycles. The molecule has 1 heterocycles. The number of thioether (sulfide) groups is 1.